The molecule has 9 heteroatoms. The van der Waals surface area contributed by atoms with Gasteiger partial charge >= 0.3 is 5.97 Å². The molecule has 0 bridgehead atoms. The van der Waals surface area contributed by atoms with E-state index in [0.717, 1.165) is 28.2 Å². The molecule has 0 unspecified atom stereocenters. The highest BCUT2D eigenvalue weighted by molar-refractivity contribution is 7.99. The van der Waals surface area contributed by atoms with Crippen LogP contribution in [-0.4, -0.2) is 39.9 Å². The lowest BCUT2D eigenvalue weighted by Crippen LogP contribution is -2.14. The third kappa shape index (κ3) is 4.14. The van der Waals surface area contributed by atoms with E-state index in [1.54, 1.807) is 24.3 Å². The summed E-state index contributed by atoms with van der Waals surface area (Å²) in [6.45, 7) is 0. The second-order valence-electron chi connectivity index (χ2n) is 6.03. The van der Waals surface area contributed by atoms with E-state index >= 15 is 0 Å². The fraction of sp³-hybridized carbons (Fsp3) is 0.100. The van der Waals surface area contributed by atoms with Gasteiger partial charge < -0.3 is 19.5 Å². The molecule has 0 aliphatic rings. The van der Waals surface area contributed by atoms with Crippen LogP contribution in [0.5, 0.6) is 0 Å². The highest BCUT2D eigenvalue weighted by Crippen LogP contribution is 2.29. The van der Waals surface area contributed by atoms with Gasteiger partial charge in [-0.05, 0) is 30.3 Å². The molecule has 0 saturated carbocycles. The van der Waals surface area contributed by atoms with Crippen molar-refractivity contribution in [2.24, 2.45) is 0 Å². The van der Waals surface area contributed by atoms with Crippen LogP contribution >= 0.6 is 11.8 Å². The Hall–Kier alpha value is -3.59. The lowest BCUT2D eigenvalue weighted by Gasteiger charge is -2.05. The van der Waals surface area contributed by atoms with E-state index in [4.69, 9.17) is 4.42 Å². The summed E-state index contributed by atoms with van der Waals surface area (Å²) in [5.41, 5.74) is 2.78. The smallest absolute Gasteiger partial charge is 0.337 e. The van der Waals surface area contributed by atoms with Crippen molar-refractivity contribution in [3.05, 3.63) is 60.3 Å². The normalized spacial score (nSPS) is 10.8. The van der Waals surface area contributed by atoms with Gasteiger partial charge in [-0.25, -0.2) is 4.79 Å². The van der Waals surface area contributed by atoms with Gasteiger partial charge in [-0.1, -0.05) is 30.0 Å². The number of para-hydroxylation sites is 1. The molecule has 4 rings (SSSR count). The minimum atomic E-state index is -0.430. The Morgan fingerprint density at radius 3 is 2.72 bits per heavy atom. The fourth-order valence-electron chi connectivity index (χ4n) is 2.76. The summed E-state index contributed by atoms with van der Waals surface area (Å²) in [5, 5.41) is 12.1. The van der Waals surface area contributed by atoms with Crippen LogP contribution in [0, 0.1) is 0 Å². The summed E-state index contributed by atoms with van der Waals surface area (Å²) >= 11 is 1.15. The maximum Gasteiger partial charge on any atom is 0.337 e. The van der Waals surface area contributed by atoms with Crippen LogP contribution < -0.4 is 5.32 Å². The van der Waals surface area contributed by atoms with E-state index in [-0.39, 0.29) is 11.7 Å². The Morgan fingerprint density at radius 2 is 1.93 bits per heavy atom. The molecule has 2 aromatic carbocycles. The molecule has 4 aromatic rings. The third-order valence-corrected chi connectivity index (χ3v) is 4.96. The van der Waals surface area contributed by atoms with E-state index in [2.05, 4.69) is 25.2 Å². The highest BCUT2D eigenvalue weighted by atomic mass is 32.2. The number of benzene rings is 2. The molecule has 0 atom stereocenters. The van der Waals surface area contributed by atoms with Crippen LogP contribution in [0.2, 0.25) is 0 Å². The number of hydrogen-bond donors (Lipinski definition) is 2. The number of rotatable bonds is 6. The van der Waals surface area contributed by atoms with Crippen LogP contribution in [-0.2, 0) is 9.53 Å². The first kappa shape index (κ1) is 18.8. The highest BCUT2D eigenvalue weighted by Gasteiger charge is 2.14. The number of aromatic nitrogens is 3. The maximum atomic E-state index is 12.2. The first-order valence-corrected chi connectivity index (χ1v) is 9.63. The van der Waals surface area contributed by atoms with Gasteiger partial charge in [0.25, 0.3) is 11.1 Å². The molecule has 2 aromatic heterocycles. The number of methoxy groups -OCH3 is 1. The zero-order chi connectivity index (χ0) is 20.2. The van der Waals surface area contributed by atoms with Crippen molar-refractivity contribution in [1.29, 1.82) is 0 Å². The zero-order valence-electron chi connectivity index (χ0n) is 15.3. The standard InChI is InChI=1S/C20H16N4O4S/c1-27-19(26)12-6-8-13(9-7-12)22-17(25)11-29-20-24-23-18(28-20)15-10-21-16-5-3-2-4-14(15)16/h2-10,21H,11H2,1H3,(H,22,25). The minimum Gasteiger partial charge on any atom is -0.465 e. The second kappa shape index (κ2) is 8.19. The number of fused-ring (bicyclic) bond motifs is 1. The number of nitrogens with zero attached hydrogens (tertiary/aromatic N) is 2. The molecule has 0 saturated heterocycles. The molecular formula is C20H16N4O4S. The number of esters is 1. The molecule has 8 nitrogen and oxygen atoms in total. The molecule has 0 radical (unpaired) electrons. The number of nitrogens with one attached hydrogen (secondary N) is 2. The van der Waals surface area contributed by atoms with Crippen LogP contribution in [0.3, 0.4) is 0 Å². The second-order valence-corrected chi connectivity index (χ2v) is 6.95. The summed E-state index contributed by atoms with van der Waals surface area (Å²) in [4.78, 5) is 26.7. The van der Waals surface area contributed by atoms with Crippen LogP contribution in [0.4, 0.5) is 5.69 Å². The summed E-state index contributed by atoms with van der Waals surface area (Å²) in [7, 11) is 1.32. The number of ether oxygens (including phenoxy) is 1. The van der Waals surface area contributed by atoms with Gasteiger partial charge in [-0.2, -0.15) is 0 Å². The van der Waals surface area contributed by atoms with Crippen molar-refractivity contribution in [3.63, 3.8) is 0 Å². The largest absolute Gasteiger partial charge is 0.465 e. The number of amides is 1. The zero-order valence-corrected chi connectivity index (χ0v) is 16.2. The lowest BCUT2D eigenvalue weighted by molar-refractivity contribution is -0.113. The van der Waals surface area contributed by atoms with Crippen molar-refractivity contribution >= 4 is 40.2 Å². The number of H-pyrrole nitrogens is 1. The number of aromatic amines is 1. The number of carbonyl (C=O) groups is 2. The molecule has 0 fully saturated rings. The average molecular weight is 408 g/mol. The first-order chi connectivity index (χ1) is 14.1. The van der Waals surface area contributed by atoms with E-state index < -0.39 is 5.97 Å². The van der Waals surface area contributed by atoms with Crippen LogP contribution in [0.25, 0.3) is 22.4 Å². The Morgan fingerprint density at radius 1 is 1.14 bits per heavy atom. The van der Waals surface area contributed by atoms with Gasteiger partial charge in [0.05, 0.1) is 24.0 Å². The minimum absolute atomic E-state index is 0.105. The topological polar surface area (TPSA) is 110 Å². The van der Waals surface area contributed by atoms with Crippen molar-refractivity contribution in [2.45, 2.75) is 5.22 Å². The summed E-state index contributed by atoms with van der Waals surface area (Å²) in [5.74, 6) is -0.161. The van der Waals surface area contributed by atoms with E-state index in [1.165, 1.54) is 7.11 Å². The molecule has 29 heavy (non-hydrogen) atoms. The number of carbonyl (C=O) groups excluding carboxylic acids is 2. The first-order valence-electron chi connectivity index (χ1n) is 8.65. The van der Waals surface area contributed by atoms with Crippen LogP contribution in [0.15, 0.2) is 64.4 Å². The molecular weight excluding hydrogens is 392 g/mol. The van der Waals surface area contributed by atoms with Crippen molar-refractivity contribution in [2.75, 3.05) is 18.2 Å². The Kier molecular flexibility index (Phi) is 5.30. The quantitative estimate of drug-likeness (QED) is 0.369. The summed E-state index contributed by atoms with van der Waals surface area (Å²) in [6, 6.07) is 14.3. The molecule has 146 valence electrons. The number of thioether (sulfide) groups is 1. The Balaban J connectivity index is 1.36. The van der Waals surface area contributed by atoms with E-state index in [9.17, 15) is 9.59 Å². The van der Waals surface area contributed by atoms with Gasteiger partial charge in [0.1, 0.15) is 0 Å². The summed E-state index contributed by atoms with van der Waals surface area (Å²) in [6.07, 6.45) is 1.82. The van der Waals surface area contributed by atoms with Gasteiger partial charge in [0.2, 0.25) is 5.91 Å². The lowest BCUT2D eigenvalue weighted by atomic mass is 10.2. The van der Waals surface area contributed by atoms with Gasteiger partial charge in [0, 0.05) is 22.8 Å². The van der Waals surface area contributed by atoms with Gasteiger partial charge in [-0.3, -0.25) is 4.79 Å². The Labute approximate surface area is 169 Å². The third-order valence-electron chi connectivity index (χ3n) is 4.14. The molecule has 0 aliphatic heterocycles. The molecule has 2 heterocycles. The van der Waals surface area contributed by atoms with E-state index in [0.29, 0.717) is 22.4 Å². The molecule has 1 amide bonds. The average Bonchev–Trinajstić information content (AvgIpc) is 3.39. The monoisotopic (exact) mass is 408 g/mol. The maximum absolute atomic E-state index is 12.2. The molecule has 0 aliphatic carbocycles. The number of hydrogen-bond acceptors (Lipinski definition) is 7. The fourth-order valence-corrected chi connectivity index (χ4v) is 3.32. The van der Waals surface area contributed by atoms with Gasteiger partial charge in [-0.15, -0.1) is 10.2 Å². The predicted molar refractivity (Wildman–Crippen MR) is 109 cm³/mol. The predicted octanol–water partition coefficient (Wildman–Crippen LogP) is 3.74. The molecule has 0 spiro atoms. The van der Waals surface area contributed by atoms with Crippen molar-refractivity contribution in [1.82, 2.24) is 15.2 Å². The molecule has 2 N–H and O–H groups in total. The van der Waals surface area contributed by atoms with Crippen molar-refractivity contribution in [3.8, 4) is 11.5 Å². The van der Waals surface area contributed by atoms with E-state index in [1.807, 2.05) is 30.5 Å². The van der Waals surface area contributed by atoms with Crippen molar-refractivity contribution < 1.29 is 18.7 Å². The van der Waals surface area contributed by atoms with Gasteiger partial charge in [0.15, 0.2) is 0 Å². The summed E-state index contributed by atoms with van der Waals surface area (Å²) < 4.78 is 10.3. The Bertz CT molecular complexity index is 1170. The number of anilines is 1. The SMILES string of the molecule is COC(=O)c1ccc(NC(=O)CSc2nnc(-c3c[nH]c4ccccc34)o2)cc1. The van der Waals surface area contributed by atoms with Crippen LogP contribution in [0.1, 0.15) is 10.4 Å².